The quantitative estimate of drug-likeness (QED) is 0.499. The summed E-state index contributed by atoms with van der Waals surface area (Å²) in [6, 6.07) is 13.4. The Balaban J connectivity index is 1.28. The Bertz CT molecular complexity index is 1070. The highest BCUT2D eigenvalue weighted by molar-refractivity contribution is 7.97. The fourth-order valence-electron chi connectivity index (χ4n) is 3.25. The summed E-state index contributed by atoms with van der Waals surface area (Å²) in [6.45, 7) is 0.331. The van der Waals surface area contributed by atoms with Gasteiger partial charge in [0.05, 0.1) is 11.6 Å². The molecule has 1 aliphatic heterocycles. The van der Waals surface area contributed by atoms with Gasteiger partial charge >= 0.3 is 0 Å². The molecule has 2 aromatic carbocycles. The Morgan fingerprint density at radius 3 is 2.68 bits per heavy atom. The van der Waals surface area contributed by atoms with E-state index in [0.29, 0.717) is 22.5 Å². The van der Waals surface area contributed by atoms with E-state index in [1.165, 1.54) is 23.5 Å². The van der Waals surface area contributed by atoms with Gasteiger partial charge in [0.15, 0.2) is 5.13 Å². The number of carbonyl (C=O) groups excluding carboxylic acids is 2. The Morgan fingerprint density at radius 2 is 1.94 bits per heavy atom. The second-order valence-corrected chi connectivity index (χ2v) is 9.41. The van der Waals surface area contributed by atoms with Gasteiger partial charge in [-0.1, -0.05) is 23.7 Å². The summed E-state index contributed by atoms with van der Waals surface area (Å²) in [5.41, 5.74) is 2.66. The molecule has 0 aliphatic carbocycles. The second kappa shape index (κ2) is 9.80. The molecule has 9 heteroatoms. The third kappa shape index (κ3) is 5.64. The molecule has 0 bridgehead atoms. The Labute approximate surface area is 192 Å². The third-order valence-corrected chi connectivity index (χ3v) is 6.94. The largest absolute Gasteiger partial charge is 0.312 e. The van der Waals surface area contributed by atoms with Crippen molar-refractivity contribution in [1.29, 1.82) is 0 Å². The van der Waals surface area contributed by atoms with Crippen LogP contribution in [0.25, 0.3) is 0 Å². The van der Waals surface area contributed by atoms with Gasteiger partial charge in [-0.3, -0.25) is 9.59 Å². The second-order valence-electron chi connectivity index (χ2n) is 7.13. The van der Waals surface area contributed by atoms with Gasteiger partial charge in [-0.2, -0.15) is 11.8 Å². The number of thioether (sulfide) groups is 1. The summed E-state index contributed by atoms with van der Waals surface area (Å²) in [5, 5.41) is 5.87. The molecule has 1 atom stereocenters. The maximum atomic E-state index is 13.0. The molecular weight excluding hydrogens is 457 g/mol. The van der Waals surface area contributed by atoms with Crippen LogP contribution in [0.2, 0.25) is 5.02 Å². The van der Waals surface area contributed by atoms with E-state index in [1.54, 1.807) is 53.1 Å². The van der Waals surface area contributed by atoms with Crippen LogP contribution in [0.3, 0.4) is 0 Å². The SMILES string of the molecule is O=C(Nc1nc(CSCc2ccc(F)cc2)cs1)C1CC(=O)N(c2ccc(Cl)cc2)C1. The third-order valence-electron chi connectivity index (χ3n) is 4.85. The average Bonchev–Trinajstić information content (AvgIpc) is 3.36. The van der Waals surface area contributed by atoms with Crippen molar-refractivity contribution < 1.29 is 14.0 Å². The molecule has 1 saturated heterocycles. The van der Waals surface area contributed by atoms with Gasteiger partial charge in [-0.05, 0) is 42.0 Å². The van der Waals surface area contributed by atoms with Crippen molar-refractivity contribution >= 4 is 57.3 Å². The highest BCUT2D eigenvalue weighted by atomic mass is 35.5. The van der Waals surface area contributed by atoms with Crippen molar-refractivity contribution in [2.45, 2.75) is 17.9 Å². The fraction of sp³-hybridized carbons (Fsp3) is 0.227. The minimum atomic E-state index is -0.427. The van der Waals surface area contributed by atoms with Gasteiger partial charge in [0.25, 0.3) is 0 Å². The Morgan fingerprint density at radius 1 is 1.19 bits per heavy atom. The zero-order valence-electron chi connectivity index (χ0n) is 16.4. The van der Waals surface area contributed by atoms with E-state index in [-0.39, 0.29) is 24.1 Å². The molecular formula is C22H19ClFN3O2S2. The smallest absolute Gasteiger partial charge is 0.231 e. The van der Waals surface area contributed by atoms with Crippen molar-refractivity contribution in [2.75, 3.05) is 16.8 Å². The van der Waals surface area contributed by atoms with E-state index in [1.807, 2.05) is 5.38 Å². The number of hydrogen-bond donors (Lipinski definition) is 1. The highest BCUT2D eigenvalue weighted by Crippen LogP contribution is 2.28. The van der Waals surface area contributed by atoms with Crippen LogP contribution < -0.4 is 10.2 Å². The first-order valence-electron chi connectivity index (χ1n) is 9.61. The number of carbonyl (C=O) groups is 2. The molecule has 4 rings (SSSR count). The zero-order valence-corrected chi connectivity index (χ0v) is 18.8. The fourth-order valence-corrected chi connectivity index (χ4v) is 5.08. The zero-order chi connectivity index (χ0) is 21.8. The van der Waals surface area contributed by atoms with Gasteiger partial charge < -0.3 is 10.2 Å². The van der Waals surface area contributed by atoms with E-state index >= 15 is 0 Å². The highest BCUT2D eigenvalue weighted by Gasteiger charge is 2.35. The maximum Gasteiger partial charge on any atom is 0.231 e. The molecule has 2 amide bonds. The van der Waals surface area contributed by atoms with Gasteiger partial charge in [0, 0.05) is 40.6 Å². The molecule has 2 heterocycles. The molecule has 3 aromatic rings. The van der Waals surface area contributed by atoms with Gasteiger partial charge in [-0.25, -0.2) is 9.37 Å². The molecule has 0 radical (unpaired) electrons. The minimum absolute atomic E-state index is 0.0838. The maximum absolute atomic E-state index is 13.0. The van der Waals surface area contributed by atoms with Crippen molar-refractivity contribution in [3.63, 3.8) is 0 Å². The number of halogens is 2. The lowest BCUT2D eigenvalue weighted by Crippen LogP contribution is -2.28. The first-order chi connectivity index (χ1) is 15.0. The van der Waals surface area contributed by atoms with E-state index in [0.717, 1.165) is 22.7 Å². The molecule has 31 heavy (non-hydrogen) atoms. The molecule has 0 saturated carbocycles. The van der Waals surface area contributed by atoms with Crippen LogP contribution >= 0.6 is 34.7 Å². The topological polar surface area (TPSA) is 62.3 Å². The number of amides is 2. The molecule has 5 nitrogen and oxygen atoms in total. The van der Waals surface area contributed by atoms with Crippen molar-refractivity contribution in [1.82, 2.24) is 4.98 Å². The van der Waals surface area contributed by atoms with Crippen LogP contribution in [0.15, 0.2) is 53.9 Å². The van der Waals surface area contributed by atoms with Gasteiger partial charge in [0.2, 0.25) is 11.8 Å². The normalized spacial score (nSPS) is 16.0. The molecule has 1 fully saturated rings. The number of nitrogens with zero attached hydrogens (tertiary/aromatic N) is 2. The van der Waals surface area contributed by atoms with Gasteiger partial charge in [-0.15, -0.1) is 11.3 Å². The lowest BCUT2D eigenvalue weighted by molar-refractivity contribution is -0.122. The lowest BCUT2D eigenvalue weighted by atomic mass is 10.1. The van der Waals surface area contributed by atoms with Crippen LogP contribution in [0, 0.1) is 11.7 Å². The number of hydrogen-bond acceptors (Lipinski definition) is 5. The summed E-state index contributed by atoms with van der Waals surface area (Å²) in [7, 11) is 0. The minimum Gasteiger partial charge on any atom is -0.312 e. The van der Waals surface area contributed by atoms with Gasteiger partial charge in [0.1, 0.15) is 5.82 Å². The summed E-state index contributed by atoms with van der Waals surface area (Å²) >= 11 is 8.94. The Hall–Kier alpha value is -2.42. The molecule has 0 spiro atoms. The summed E-state index contributed by atoms with van der Waals surface area (Å²) in [4.78, 5) is 31.1. The van der Waals surface area contributed by atoms with Crippen molar-refractivity contribution in [3.05, 3.63) is 76.0 Å². The summed E-state index contributed by atoms with van der Waals surface area (Å²) < 4.78 is 13.0. The van der Waals surface area contributed by atoms with Crippen LogP contribution in [0.1, 0.15) is 17.7 Å². The first-order valence-corrected chi connectivity index (χ1v) is 12.0. The standard InChI is InChI=1S/C22H19ClFN3O2S2/c23-16-3-7-19(8-4-16)27-10-15(9-20(27)28)21(29)26-22-25-18(13-31-22)12-30-11-14-1-5-17(24)6-2-14/h1-8,13,15H,9-12H2,(H,25,26,29). The number of thiazole rings is 1. The van der Waals surface area contributed by atoms with Crippen LogP contribution in [0.4, 0.5) is 15.2 Å². The molecule has 1 aromatic heterocycles. The van der Waals surface area contributed by atoms with Crippen LogP contribution in [-0.2, 0) is 21.1 Å². The van der Waals surface area contributed by atoms with Crippen LogP contribution in [0.5, 0.6) is 0 Å². The Kier molecular flexibility index (Phi) is 6.89. The summed E-state index contributed by atoms with van der Waals surface area (Å²) in [6.07, 6.45) is 0.167. The van der Waals surface area contributed by atoms with Crippen LogP contribution in [-0.4, -0.2) is 23.3 Å². The molecule has 1 N–H and O–H groups in total. The molecule has 160 valence electrons. The average molecular weight is 476 g/mol. The van der Waals surface area contributed by atoms with E-state index < -0.39 is 5.92 Å². The number of nitrogens with one attached hydrogen (secondary N) is 1. The lowest BCUT2D eigenvalue weighted by Gasteiger charge is -2.16. The first kappa shape index (κ1) is 21.8. The number of rotatable bonds is 7. The predicted molar refractivity (Wildman–Crippen MR) is 124 cm³/mol. The molecule has 1 unspecified atom stereocenters. The molecule has 1 aliphatic rings. The van der Waals surface area contributed by atoms with Crippen molar-refractivity contribution in [2.24, 2.45) is 5.92 Å². The predicted octanol–water partition coefficient (Wildman–Crippen LogP) is 5.36. The number of benzene rings is 2. The number of anilines is 2. The van der Waals surface area contributed by atoms with E-state index in [9.17, 15) is 14.0 Å². The van der Waals surface area contributed by atoms with E-state index in [2.05, 4.69) is 10.3 Å². The monoisotopic (exact) mass is 475 g/mol. The summed E-state index contributed by atoms with van der Waals surface area (Å²) in [5.74, 6) is 0.488. The number of aromatic nitrogens is 1. The van der Waals surface area contributed by atoms with Crippen molar-refractivity contribution in [3.8, 4) is 0 Å². The van der Waals surface area contributed by atoms with E-state index in [4.69, 9.17) is 11.6 Å².